The summed E-state index contributed by atoms with van der Waals surface area (Å²) >= 11 is 0. The highest BCUT2D eigenvalue weighted by atomic mass is 28.4. The van der Waals surface area contributed by atoms with Gasteiger partial charge in [0.15, 0.2) is 23.0 Å². The Bertz CT molecular complexity index is 398. The summed E-state index contributed by atoms with van der Waals surface area (Å²) in [6.45, 7) is 6.62. The van der Waals surface area contributed by atoms with Gasteiger partial charge in [-0.2, -0.15) is 0 Å². The van der Waals surface area contributed by atoms with E-state index in [0.29, 0.717) is 17.2 Å². The fraction of sp³-hybridized carbons (Fsp3) is 0.455. The standard InChI is InChI=1S/C11H16O4Si/c1-12-8-5-9-10(14-7-13-9)6-11(8)15-16(2,3)4/h5-6H,7H2,1-4H3. The van der Waals surface area contributed by atoms with E-state index in [1.165, 1.54) is 0 Å². The van der Waals surface area contributed by atoms with Crippen molar-refractivity contribution in [1.29, 1.82) is 0 Å². The molecule has 4 nitrogen and oxygen atoms in total. The van der Waals surface area contributed by atoms with E-state index < -0.39 is 8.32 Å². The first-order valence-electron chi connectivity index (χ1n) is 5.16. The van der Waals surface area contributed by atoms with Crippen molar-refractivity contribution in [3.63, 3.8) is 0 Å². The Morgan fingerprint density at radius 2 is 1.62 bits per heavy atom. The average Bonchev–Trinajstić information content (AvgIpc) is 2.60. The second kappa shape index (κ2) is 3.90. The number of methoxy groups -OCH3 is 1. The predicted molar refractivity (Wildman–Crippen MR) is 63.1 cm³/mol. The van der Waals surface area contributed by atoms with Crippen molar-refractivity contribution in [2.24, 2.45) is 0 Å². The number of rotatable bonds is 3. The molecule has 0 radical (unpaired) electrons. The smallest absolute Gasteiger partial charge is 0.242 e. The van der Waals surface area contributed by atoms with E-state index >= 15 is 0 Å². The molecule has 1 aliphatic heterocycles. The van der Waals surface area contributed by atoms with Crippen LogP contribution < -0.4 is 18.6 Å². The van der Waals surface area contributed by atoms with Crippen LogP contribution in [0.25, 0.3) is 0 Å². The van der Waals surface area contributed by atoms with Gasteiger partial charge in [0.2, 0.25) is 15.1 Å². The van der Waals surface area contributed by atoms with Crippen LogP contribution in [0.2, 0.25) is 19.6 Å². The van der Waals surface area contributed by atoms with Crippen LogP contribution in [0, 0.1) is 0 Å². The van der Waals surface area contributed by atoms with E-state index in [0.717, 1.165) is 5.75 Å². The number of ether oxygens (including phenoxy) is 3. The van der Waals surface area contributed by atoms with E-state index in [9.17, 15) is 0 Å². The average molecular weight is 240 g/mol. The molecule has 1 aromatic carbocycles. The highest BCUT2D eigenvalue weighted by Crippen LogP contribution is 2.42. The Morgan fingerprint density at radius 1 is 1.06 bits per heavy atom. The molecule has 0 fully saturated rings. The summed E-state index contributed by atoms with van der Waals surface area (Å²) in [5.74, 6) is 2.84. The molecular formula is C11H16O4Si. The zero-order valence-corrected chi connectivity index (χ0v) is 11.0. The SMILES string of the molecule is COc1cc2c(cc1O[Si](C)(C)C)OCO2. The van der Waals surface area contributed by atoms with Gasteiger partial charge in [0.05, 0.1) is 7.11 Å². The van der Waals surface area contributed by atoms with Gasteiger partial charge in [-0.05, 0) is 19.6 Å². The fourth-order valence-electron chi connectivity index (χ4n) is 1.47. The normalized spacial score (nSPS) is 13.8. The first kappa shape index (κ1) is 11.1. The second-order valence-corrected chi connectivity index (χ2v) is 9.00. The van der Waals surface area contributed by atoms with Crippen molar-refractivity contribution < 1.29 is 18.6 Å². The summed E-state index contributed by atoms with van der Waals surface area (Å²) in [6, 6.07) is 3.64. The van der Waals surface area contributed by atoms with Crippen molar-refractivity contribution in [2.45, 2.75) is 19.6 Å². The van der Waals surface area contributed by atoms with Crippen molar-refractivity contribution in [3.8, 4) is 23.0 Å². The van der Waals surface area contributed by atoms with Crippen molar-refractivity contribution in [2.75, 3.05) is 13.9 Å². The Kier molecular flexibility index (Phi) is 2.71. The summed E-state index contributed by atoms with van der Waals surface area (Å²) < 4.78 is 21.8. The number of fused-ring (bicyclic) bond motifs is 1. The Labute approximate surface area is 96.2 Å². The molecule has 0 aliphatic carbocycles. The Balaban J connectivity index is 2.36. The summed E-state index contributed by atoms with van der Waals surface area (Å²) in [7, 11) is -0.0351. The van der Waals surface area contributed by atoms with Crippen LogP contribution in [-0.2, 0) is 0 Å². The molecule has 0 amide bonds. The van der Waals surface area contributed by atoms with Crippen LogP contribution in [0.1, 0.15) is 0 Å². The predicted octanol–water partition coefficient (Wildman–Crippen LogP) is 2.64. The topological polar surface area (TPSA) is 36.9 Å². The molecule has 88 valence electrons. The molecule has 2 rings (SSSR count). The van der Waals surface area contributed by atoms with Crippen LogP contribution in [-0.4, -0.2) is 22.2 Å². The van der Waals surface area contributed by atoms with Crippen molar-refractivity contribution in [3.05, 3.63) is 12.1 Å². The third-order valence-electron chi connectivity index (χ3n) is 2.07. The Morgan fingerprint density at radius 3 is 2.12 bits per heavy atom. The number of hydrogen-bond acceptors (Lipinski definition) is 4. The molecule has 1 aliphatic rings. The summed E-state index contributed by atoms with van der Waals surface area (Å²) in [5.41, 5.74) is 0. The zero-order chi connectivity index (χ0) is 11.8. The molecular weight excluding hydrogens is 224 g/mol. The highest BCUT2D eigenvalue weighted by molar-refractivity contribution is 6.70. The lowest BCUT2D eigenvalue weighted by atomic mass is 10.3. The minimum Gasteiger partial charge on any atom is -0.542 e. The molecule has 0 saturated heterocycles. The van der Waals surface area contributed by atoms with Crippen LogP contribution in [0.5, 0.6) is 23.0 Å². The quantitative estimate of drug-likeness (QED) is 0.761. The molecule has 0 atom stereocenters. The molecule has 0 N–H and O–H groups in total. The van der Waals surface area contributed by atoms with Gasteiger partial charge in [-0.1, -0.05) is 0 Å². The lowest BCUT2D eigenvalue weighted by molar-refractivity contribution is 0.174. The van der Waals surface area contributed by atoms with Crippen LogP contribution in [0.4, 0.5) is 0 Å². The van der Waals surface area contributed by atoms with Crippen molar-refractivity contribution >= 4 is 8.32 Å². The Hall–Kier alpha value is -1.36. The summed E-state index contributed by atoms with van der Waals surface area (Å²) in [5, 5.41) is 0. The molecule has 1 heterocycles. The van der Waals surface area contributed by atoms with Gasteiger partial charge >= 0.3 is 0 Å². The summed E-state index contributed by atoms with van der Waals surface area (Å²) in [4.78, 5) is 0. The van der Waals surface area contributed by atoms with Crippen LogP contribution in [0.15, 0.2) is 12.1 Å². The third-order valence-corrected chi connectivity index (χ3v) is 2.91. The van der Waals surface area contributed by atoms with Gasteiger partial charge in [0.1, 0.15) is 0 Å². The van der Waals surface area contributed by atoms with E-state index in [-0.39, 0.29) is 6.79 Å². The lowest BCUT2D eigenvalue weighted by Crippen LogP contribution is -2.29. The molecule has 0 aromatic heterocycles. The van der Waals surface area contributed by atoms with Crippen molar-refractivity contribution in [1.82, 2.24) is 0 Å². The van der Waals surface area contributed by atoms with Gasteiger partial charge in [-0.25, -0.2) is 0 Å². The molecule has 0 bridgehead atoms. The van der Waals surface area contributed by atoms with E-state index in [1.807, 2.05) is 6.07 Å². The minimum absolute atomic E-state index is 0.259. The van der Waals surface area contributed by atoms with Gasteiger partial charge in [0.25, 0.3) is 0 Å². The summed E-state index contributed by atoms with van der Waals surface area (Å²) in [6.07, 6.45) is 0. The van der Waals surface area contributed by atoms with Crippen LogP contribution >= 0.6 is 0 Å². The number of benzene rings is 1. The largest absolute Gasteiger partial charge is 0.542 e. The first-order valence-corrected chi connectivity index (χ1v) is 8.57. The van der Waals surface area contributed by atoms with E-state index in [4.69, 9.17) is 18.6 Å². The van der Waals surface area contributed by atoms with Gasteiger partial charge in [-0.3, -0.25) is 0 Å². The maximum absolute atomic E-state index is 5.93. The second-order valence-electron chi connectivity index (χ2n) is 4.57. The van der Waals surface area contributed by atoms with E-state index in [1.54, 1.807) is 13.2 Å². The first-order chi connectivity index (χ1) is 7.49. The maximum atomic E-state index is 5.93. The fourth-order valence-corrected chi connectivity index (χ4v) is 2.29. The lowest BCUT2D eigenvalue weighted by Gasteiger charge is -2.21. The third kappa shape index (κ3) is 2.24. The van der Waals surface area contributed by atoms with E-state index in [2.05, 4.69) is 19.6 Å². The van der Waals surface area contributed by atoms with Gasteiger partial charge in [0, 0.05) is 12.1 Å². The minimum atomic E-state index is -1.65. The zero-order valence-electron chi connectivity index (χ0n) is 9.99. The monoisotopic (exact) mass is 240 g/mol. The molecule has 0 spiro atoms. The number of hydrogen-bond donors (Lipinski definition) is 0. The molecule has 16 heavy (non-hydrogen) atoms. The maximum Gasteiger partial charge on any atom is 0.242 e. The molecule has 0 unspecified atom stereocenters. The van der Waals surface area contributed by atoms with Gasteiger partial charge < -0.3 is 18.6 Å². The van der Waals surface area contributed by atoms with Gasteiger partial charge in [-0.15, -0.1) is 0 Å². The molecule has 1 aromatic rings. The highest BCUT2D eigenvalue weighted by Gasteiger charge is 2.23. The molecule has 0 saturated carbocycles. The van der Waals surface area contributed by atoms with Crippen LogP contribution in [0.3, 0.4) is 0 Å². The molecule has 5 heteroatoms.